The number of rotatable bonds is 2. The second kappa shape index (κ2) is 8.05. The van der Waals surface area contributed by atoms with Crippen LogP contribution in [0.2, 0.25) is 0 Å². The Balaban J connectivity index is 1.34. The van der Waals surface area contributed by atoms with E-state index in [1.165, 1.54) is 27.6 Å². The minimum Gasteiger partial charge on any atom is -0.454 e. The minimum atomic E-state index is -0.151. The van der Waals surface area contributed by atoms with E-state index in [1.54, 1.807) is 0 Å². The first-order valence-corrected chi connectivity index (χ1v) is 14.3. The van der Waals surface area contributed by atoms with Crippen LogP contribution in [-0.4, -0.2) is 16.0 Å². The molecule has 0 fully saturated rings. The van der Waals surface area contributed by atoms with E-state index >= 15 is 0 Å². The summed E-state index contributed by atoms with van der Waals surface area (Å²) in [6.45, 7) is 4.61. The average Bonchev–Trinajstić information content (AvgIpc) is 3.64. The number of para-hydroxylation sites is 1. The van der Waals surface area contributed by atoms with E-state index in [1.807, 2.05) is 12.1 Å². The summed E-state index contributed by atoms with van der Waals surface area (Å²) in [6, 6.07) is 32.0. The summed E-state index contributed by atoms with van der Waals surface area (Å²) in [4.78, 5) is 12.8. The van der Waals surface area contributed by atoms with Crippen molar-refractivity contribution in [2.45, 2.75) is 31.2 Å². The fourth-order valence-corrected chi connectivity index (χ4v) is 7.35. The summed E-state index contributed by atoms with van der Waals surface area (Å²) in [6.07, 6.45) is 8.85. The van der Waals surface area contributed by atoms with Crippen molar-refractivity contribution in [3.8, 4) is 22.6 Å². The zero-order chi connectivity index (χ0) is 27.3. The van der Waals surface area contributed by atoms with Crippen LogP contribution >= 0.6 is 0 Å². The van der Waals surface area contributed by atoms with Crippen LogP contribution in [0.15, 0.2) is 120 Å². The maximum absolute atomic E-state index is 6.93. The molecule has 9 rings (SSSR count). The van der Waals surface area contributed by atoms with Crippen molar-refractivity contribution in [1.29, 1.82) is 0 Å². The number of anilines is 2. The van der Waals surface area contributed by atoms with Gasteiger partial charge in [-0.1, -0.05) is 123 Å². The predicted molar refractivity (Wildman–Crippen MR) is 166 cm³/mol. The molecule has 196 valence electrons. The van der Waals surface area contributed by atoms with E-state index in [0.29, 0.717) is 5.95 Å². The molecule has 2 atom stereocenters. The van der Waals surface area contributed by atoms with E-state index < -0.39 is 0 Å². The molecule has 0 spiro atoms. The quantitative estimate of drug-likeness (QED) is 0.224. The molecule has 0 radical (unpaired) electrons. The number of hydrogen-bond donors (Lipinski definition) is 0. The monoisotopic (exact) mass is 529 g/mol. The zero-order valence-corrected chi connectivity index (χ0v) is 22.9. The summed E-state index contributed by atoms with van der Waals surface area (Å²) in [7, 11) is 0. The smallest absolute Gasteiger partial charge is 0.231 e. The van der Waals surface area contributed by atoms with Crippen LogP contribution in [-0.2, 0) is 5.41 Å². The van der Waals surface area contributed by atoms with Gasteiger partial charge in [-0.25, -0.2) is 9.97 Å². The number of benzene rings is 4. The van der Waals surface area contributed by atoms with Crippen molar-refractivity contribution in [2.75, 3.05) is 4.90 Å². The number of furan rings is 1. The Bertz CT molecular complexity index is 2100. The maximum Gasteiger partial charge on any atom is 0.231 e. The van der Waals surface area contributed by atoms with Gasteiger partial charge in [0.25, 0.3) is 0 Å². The Morgan fingerprint density at radius 1 is 0.756 bits per heavy atom. The number of nitrogens with zero attached hydrogens (tertiary/aromatic N) is 3. The Hall–Kier alpha value is -4.96. The molecule has 4 nitrogen and oxygen atoms in total. The lowest BCUT2D eigenvalue weighted by Crippen LogP contribution is -2.30. The Kier molecular flexibility index (Phi) is 4.48. The number of aromatic nitrogens is 2. The van der Waals surface area contributed by atoms with Crippen LogP contribution < -0.4 is 4.90 Å². The summed E-state index contributed by atoms with van der Waals surface area (Å²) in [5, 5.41) is 2.21. The van der Waals surface area contributed by atoms with Crippen LogP contribution in [0.1, 0.15) is 36.5 Å². The third-order valence-electron chi connectivity index (χ3n) is 9.19. The molecule has 0 bridgehead atoms. The molecule has 2 aromatic heterocycles. The van der Waals surface area contributed by atoms with E-state index in [0.717, 1.165) is 39.2 Å². The Labute approximate surface area is 238 Å². The highest BCUT2D eigenvalue weighted by Gasteiger charge is 2.45. The standard InChI is InChI=1S/C37H27N3O/c1-37(2)28-17-9-6-15-25(28)34-31(37)27-21-20-24-23-14-8-11-19-30(23)40(33(24)35(27)41-34)36-38-29-18-10-7-16-26(29)32(39-36)22-12-4-3-5-13-22/h3-21,23,30H,1-2H3. The van der Waals surface area contributed by atoms with Gasteiger partial charge in [-0.2, -0.15) is 0 Å². The molecule has 1 aliphatic heterocycles. The van der Waals surface area contributed by atoms with Gasteiger partial charge < -0.3 is 4.42 Å². The lowest BCUT2D eigenvalue weighted by Gasteiger charge is -2.27. The first-order chi connectivity index (χ1) is 20.1. The SMILES string of the molecule is CC1(C)c2ccccc2-c2oc3c4c(ccc3c21)C1C=CC=CC1N4c1nc(-c2ccccc2)c2ccccc2n1. The van der Waals surface area contributed by atoms with Crippen molar-refractivity contribution in [3.63, 3.8) is 0 Å². The fraction of sp³-hybridized carbons (Fsp3) is 0.135. The molecular formula is C37H27N3O. The summed E-state index contributed by atoms with van der Waals surface area (Å²) in [5.41, 5.74) is 9.82. The topological polar surface area (TPSA) is 42.2 Å². The Morgan fingerprint density at radius 3 is 2.44 bits per heavy atom. The molecule has 0 saturated heterocycles. The van der Waals surface area contributed by atoms with Gasteiger partial charge in [0.15, 0.2) is 5.58 Å². The van der Waals surface area contributed by atoms with Gasteiger partial charge in [-0.15, -0.1) is 0 Å². The molecule has 0 amide bonds. The van der Waals surface area contributed by atoms with Crippen molar-refractivity contribution >= 4 is 33.5 Å². The molecule has 41 heavy (non-hydrogen) atoms. The second-order valence-electron chi connectivity index (χ2n) is 11.8. The highest BCUT2D eigenvalue weighted by molar-refractivity contribution is 6.04. The van der Waals surface area contributed by atoms with E-state index in [4.69, 9.17) is 14.4 Å². The highest BCUT2D eigenvalue weighted by atomic mass is 16.3. The molecule has 2 aliphatic carbocycles. The van der Waals surface area contributed by atoms with Crippen LogP contribution in [0.4, 0.5) is 11.6 Å². The van der Waals surface area contributed by atoms with Crippen molar-refractivity contribution in [3.05, 3.63) is 132 Å². The minimum absolute atomic E-state index is 0.0608. The van der Waals surface area contributed by atoms with Gasteiger partial charge in [0.2, 0.25) is 5.95 Å². The van der Waals surface area contributed by atoms with Gasteiger partial charge in [0, 0.05) is 38.8 Å². The molecule has 2 unspecified atom stereocenters. The molecule has 6 aromatic rings. The molecule has 0 saturated carbocycles. The van der Waals surface area contributed by atoms with Gasteiger partial charge in [0.05, 0.1) is 22.9 Å². The first kappa shape index (κ1) is 22.8. The number of hydrogen-bond acceptors (Lipinski definition) is 4. The largest absolute Gasteiger partial charge is 0.454 e. The van der Waals surface area contributed by atoms with Crippen LogP contribution in [0.25, 0.3) is 44.5 Å². The first-order valence-electron chi connectivity index (χ1n) is 14.3. The molecule has 0 N–H and O–H groups in total. The normalized spacial score (nSPS) is 19.4. The van der Waals surface area contributed by atoms with E-state index in [-0.39, 0.29) is 17.4 Å². The van der Waals surface area contributed by atoms with Crippen molar-refractivity contribution < 1.29 is 4.42 Å². The fourth-order valence-electron chi connectivity index (χ4n) is 7.35. The van der Waals surface area contributed by atoms with Gasteiger partial charge in [-0.3, -0.25) is 4.90 Å². The highest BCUT2D eigenvalue weighted by Crippen LogP contribution is 2.57. The predicted octanol–water partition coefficient (Wildman–Crippen LogP) is 9.08. The molecule has 3 aliphatic rings. The molecule has 3 heterocycles. The third kappa shape index (κ3) is 2.99. The number of fused-ring (bicyclic) bond motifs is 10. The van der Waals surface area contributed by atoms with Crippen LogP contribution in [0.3, 0.4) is 0 Å². The van der Waals surface area contributed by atoms with Gasteiger partial charge >= 0.3 is 0 Å². The lowest BCUT2D eigenvalue weighted by atomic mass is 9.81. The van der Waals surface area contributed by atoms with E-state index in [2.05, 4.69) is 122 Å². The van der Waals surface area contributed by atoms with E-state index in [9.17, 15) is 0 Å². The summed E-state index contributed by atoms with van der Waals surface area (Å²) >= 11 is 0. The van der Waals surface area contributed by atoms with Crippen molar-refractivity contribution in [2.24, 2.45) is 0 Å². The Morgan fingerprint density at radius 2 is 1.54 bits per heavy atom. The zero-order valence-electron chi connectivity index (χ0n) is 22.9. The third-order valence-corrected chi connectivity index (χ3v) is 9.19. The molecule has 4 aromatic carbocycles. The maximum atomic E-state index is 6.93. The van der Waals surface area contributed by atoms with Crippen LogP contribution in [0, 0.1) is 0 Å². The molecular weight excluding hydrogens is 502 g/mol. The van der Waals surface area contributed by atoms with Crippen LogP contribution in [0.5, 0.6) is 0 Å². The van der Waals surface area contributed by atoms with Crippen molar-refractivity contribution in [1.82, 2.24) is 9.97 Å². The average molecular weight is 530 g/mol. The summed E-state index contributed by atoms with van der Waals surface area (Å²) in [5.74, 6) is 1.87. The lowest BCUT2D eigenvalue weighted by molar-refractivity contribution is 0.618. The number of allylic oxidation sites excluding steroid dienone is 2. The summed E-state index contributed by atoms with van der Waals surface area (Å²) < 4.78 is 6.93. The second-order valence-corrected chi connectivity index (χ2v) is 11.8. The molecule has 4 heteroatoms. The van der Waals surface area contributed by atoms with Gasteiger partial charge in [0.1, 0.15) is 5.76 Å². The van der Waals surface area contributed by atoms with Gasteiger partial charge in [-0.05, 0) is 17.2 Å².